The van der Waals surface area contributed by atoms with Gasteiger partial charge < -0.3 is 5.11 Å². The van der Waals surface area contributed by atoms with Crippen molar-refractivity contribution in [3.05, 3.63) is 12.2 Å². The summed E-state index contributed by atoms with van der Waals surface area (Å²) in [7, 11) is 0. The molecule has 0 unspecified atom stereocenters. The molecule has 1 aliphatic rings. The van der Waals surface area contributed by atoms with E-state index in [0.717, 1.165) is 17.1 Å². The van der Waals surface area contributed by atoms with E-state index in [4.69, 9.17) is 5.11 Å². The molecule has 1 atom stereocenters. The molecule has 15 heavy (non-hydrogen) atoms. The molecule has 0 spiro atoms. The Morgan fingerprint density at radius 2 is 1.80 bits per heavy atom. The molecule has 0 saturated heterocycles. The Kier molecular flexibility index (Phi) is 3.24. The molecule has 0 aromatic rings. The van der Waals surface area contributed by atoms with Crippen LogP contribution >= 0.6 is 0 Å². The molecule has 0 aliphatic carbocycles. The van der Waals surface area contributed by atoms with Crippen LogP contribution in [-0.2, 0) is 14.4 Å². The van der Waals surface area contributed by atoms with Crippen LogP contribution in [0.4, 0.5) is 0 Å². The zero-order chi connectivity index (χ0) is 11.6. The van der Waals surface area contributed by atoms with Gasteiger partial charge in [-0.1, -0.05) is 13.8 Å². The van der Waals surface area contributed by atoms with Gasteiger partial charge in [-0.15, -0.1) is 0 Å². The molecule has 82 valence electrons. The number of imide groups is 1. The largest absolute Gasteiger partial charge is 0.480 e. The number of carbonyl (C=O) groups excluding carboxylic acids is 2. The minimum absolute atomic E-state index is 0.104. The van der Waals surface area contributed by atoms with Crippen molar-refractivity contribution in [2.75, 3.05) is 0 Å². The first kappa shape index (κ1) is 11.4. The van der Waals surface area contributed by atoms with Gasteiger partial charge in [0, 0.05) is 12.2 Å². The number of carboxylic acids is 1. The van der Waals surface area contributed by atoms with Gasteiger partial charge in [-0.3, -0.25) is 14.5 Å². The first-order chi connectivity index (χ1) is 6.93. The van der Waals surface area contributed by atoms with Gasteiger partial charge in [-0.05, 0) is 12.3 Å². The van der Waals surface area contributed by atoms with Crippen molar-refractivity contribution >= 4 is 17.8 Å². The topological polar surface area (TPSA) is 74.7 Å². The summed E-state index contributed by atoms with van der Waals surface area (Å²) in [5.74, 6) is -2.14. The van der Waals surface area contributed by atoms with Gasteiger partial charge in [-0.2, -0.15) is 0 Å². The number of rotatable bonds is 4. The molecule has 0 fully saturated rings. The Hall–Kier alpha value is -1.65. The third kappa shape index (κ3) is 2.43. The minimum atomic E-state index is -1.14. The van der Waals surface area contributed by atoms with E-state index in [2.05, 4.69) is 0 Å². The van der Waals surface area contributed by atoms with E-state index in [0.29, 0.717) is 0 Å². The number of aliphatic carboxylic acids is 1. The van der Waals surface area contributed by atoms with Gasteiger partial charge in [0.25, 0.3) is 11.8 Å². The summed E-state index contributed by atoms with van der Waals surface area (Å²) in [5, 5.41) is 8.94. The molecular weight excluding hydrogens is 198 g/mol. The smallest absolute Gasteiger partial charge is 0.326 e. The minimum Gasteiger partial charge on any atom is -0.480 e. The summed E-state index contributed by atoms with van der Waals surface area (Å²) in [6.45, 7) is 3.68. The average Bonchev–Trinajstić information content (AvgIpc) is 2.42. The lowest BCUT2D eigenvalue weighted by Crippen LogP contribution is -2.45. The Labute approximate surface area is 87.4 Å². The fraction of sp³-hybridized carbons (Fsp3) is 0.500. The van der Waals surface area contributed by atoms with Crippen LogP contribution in [-0.4, -0.2) is 33.8 Å². The number of hydrogen-bond donors (Lipinski definition) is 1. The van der Waals surface area contributed by atoms with Gasteiger partial charge in [0.05, 0.1) is 0 Å². The van der Waals surface area contributed by atoms with E-state index in [1.165, 1.54) is 0 Å². The lowest BCUT2D eigenvalue weighted by Gasteiger charge is -2.23. The van der Waals surface area contributed by atoms with Crippen LogP contribution in [0.25, 0.3) is 0 Å². The summed E-state index contributed by atoms with van der Waals surface area (Å²) in [6.07, 6.45) is 2.46. The molecule has 1 N–H and O–H groups in total. The Morgan fingerprint density at radius 3 is 2.13 bits per heavy atom. The molecule has 0 bridgehead atoms. The van der Waals surface area contributed by atoms with Gasteiger partial charge in [0.2, 0.25) is 0 Å². The third-order valence-electron chi connectivity index (χ3n) is 2.13. The van der Waals surface area contributed by atoms with E-state index >= 15 is 0 Å². The lowest BCUT2D eigenvalue weighted by molar-refractivity contribution is -0.154. The van der Waals surface area contributed by atoms with Gasteiger partial charge in [-0.25, -0.2) is 4.79 Å². The fourth-order valence-electron chi connectivity index (χ4n) is 1.48. The normalized spacial score (nSPS) is 17.7. The Morgan fingerprint density at radius 1 is 1.33 bits per heavy atom. The van der Waals surface area contributed by atoms with Crippen LogP contribution in [0.3, 0.4) is 0 Å². The average molecular weight is 211 g/mol. The number of carbonyl (C=O) groups is 3. The second-order valence-corrected chi connectivity index (χ2v) is 3.86. The highest BCUT2D eigenvalue weighted by Crippen LogP contribution is 2.16. The van der Waals surface area contributed by atoms with Crippen LogP contribution in [0.2, 0.25) is 0 Å². The van der Waals surface area contributed by atoms with Crippen molar-refractivity contribution in [3.63, 3.8) is 0 Å². The fourth-order valence-corrected chi connectivity index (χ4v) is 1.48. The van der Waals surface area contributed by atoms with E-state index in [1.807, 2.05) is 13.8 Å². The maximum absolute atomic E-state index is 11.3. The Balaban J connectivity index is 2.85. The summed E-state index contributed by atoms with van der Waals surface area (Å²) in [4.78, 5) is 34.3. The van der Waals surface area contributed by atoms with Crippen molar-refractivity contribution in [2.24, 2.45) is 5.92 Å². The highest BCUT2D eigenvalue weighted by atomic mass is 16.4. The van der Waals surface area contributed by atoms with Crippen LogP contribution in [0.5, 0.6) is 0 Å². The summed E-state index contributed by atoms with van der Waals surface area (Å²) in [6, 6.07) is -1.06. The van der Waals surface area contributed by atoms with Crippen molar-refractivity contribution in [2.45, 2.75) is 26.3 Å². The third-order valence-corrected chi connectivity index (χ3v) is 2.13. The summed E-state index contributed by atoms with van der Waals surface area (Å²) in [5.41, 5.74) is 0. The molecule has 1 heterocycles. The van der Waals surface area contributed by atoms with Crippen LogP contribution in [0.1, 0.15) is 20.3 Å². The Bertz CT molecular complexity index is 314. The highest BCUT2D eigenvalue weighted by molar-refractivity contribution is 6.14. The van der Waals surface area contributed by atoms with Gasteiger partial charge in [0.15, 0.2) is 0 Å². The monoisotopic (exact) mass is 211 g/mol. The van der Waals surface area contributed by atoms with Crippen LogP contribution < -0.4 is 0 Å². The molecule has 1 rings (SSSR count). The number of carboxylic acid groups (broad SMARTS) is 1. The molecule has 1 aliphatic heterocycles. The molecule has 0 radical (unpaired) electrons. The van der Waals surface area contributed by atoms with E-state index in [1.54, 1.807) is 0 Å². The molecule has 5 nitrogen and oxygen atoms in total. The predicted molar refractivity (Wildman–Crippen MR) is 51.9 cm³/mol. The standard InChI is InChI=1S/C10H13NO4/c1-6(2)5-7(10(14)15)11-8(12)3-4-9(11)13/h3-4,6-7H,5H2,1-2H3,(H,14,15)/t7-/m1/s1. The lowest BCUT2D eigenvalue weighted by atomic mass is 10.0. The first-order valence-electron chi connectivity index (χ1n) is 4.71. The van der Waals surface area contributed by atoms with Crippen LogP contribution in [0.15, 0.2) is 12.2 Å². The molecule has 0 aromatic carbocycles. The molecule has 0 aromatic heterocycles. The second-order valence-electron chi connectivity index (χ2n) is 3.86. The van der Waals surface area contributed by atoms with Crippen molar-refractivity contribution < 1.29 is 19.5 Å². The van der Waals surface area contributed by atoms with E-state index < -0.39 is 23.8 Å². The van der Waals surface area contributed by atoms with Crippen molar-refractivity contribution in [1.29, 1.82) is 0 Å². The second kappa shape index (κ2) is 4.25. The van der Waals surface area contributed by atoms with Crippen LogP contribution in [0, 0.1) is 5.92 Å². The molecule has 5 heteroatoms. The first-order valence-corrected chi connectivity index (χ1v) is 4.71. The molecular formula is C10H13NO4. The quantitative estimate of drug-likeness (QED) is 0.683. The van der Waals surface area contributed by atoms with E-state index in [9.17, 15) is 14.4 Å². The maximum Gasteiger partial charge on any atom is 0.326 e. The summed E-state index contributed by atoms with van der Waals surface area (Å²) >= 11 is 0. The van der Waals surface area contributed by atoms with Gasteiger partial charge >= 0.3 is 5.97 Å². The molecule has 0 saturated carbocycles. The number of hydrogen-bond acceptors (Lipinski definition) is 3. The summed E-state index contributed by atoms with van der Waals surface area (Å²) < 4.78 is 0. The van der Waals surface area contributed by atoms with E-state index in [-0.39, 0.29) is 12.3 Å². The SMILES string of the molecule is CC(C)C[C@H](C(=O)O)N1C(=O)C=CC1=O. The van der Waals surface area contributed by atoms with Crippen molar-refractivity contribution in [3.8, 4) is 0 Å². The maximum atomic E-state index is 11.3. The zero-order valence-corrected chi connectivity index (χ0v) is 8.64. The molecule has 2 amide bonds. The zero-order valence-electron chi connectivity index (χ0n) is 8.64. The number of amides is 2. The predicted octanol–water partition coefficient (Wildman–Crippen LogP) is 0.411. The van der Waals surface area contributed by atoms with Gasteiger partial charge in [0.1, 0.15) is 6.04 Å². The number of nitrogens with zero attached hydrogens (tertiary/aromatic N) is 1. The highest BCUT2D eigenvalue weighted by Gasteiger charge is 2.35. The van der Waals surface area contributed by atoms with Crippen molar-refractivity contribution in [1.82, 2.24) is 4.90 Å².